The second kappa shape index (κ2) is 9.84. The van der Waals surface area contributed by atoms with Crippen LogP contribution in [-0.2, 0) is 10.2 Å². The van der Waals surface area contributed by atoms with E-state index in [4.69, 9.17) is 30.9 Å². The largest absolute Gasteiger partial charge is 0.506 e. The number of amides is 1. The highest BCUT2D eigenvalue weighted by atomic mass is 35.5. The fraction of sp³-hybridized carbons (Fsp3) is 0.269. The molecular formula is C26H25ClN2O6. The third-order valence-corrected chi connectivity index (χ3v) is 5.69. The molecule has 3 aromatic rings. The molecule has 9 heteroatoms. The molecule has 0 radical (unpaired) electrons. The highest BCUT2D eigenvalue weighted by Gasteiger charge is 2.27. The summed E-state index contributed by atoms with van der Waals surface area (Å²) in [5.74, 6) is 1.43. The van der Waals surface area contributed by atoms with E-state index in [0.717, 1.165) is 5.69 Å². The van der Waals surface area contributed by atoms with Crippen molar-refractivity contribution in [3.05, 3.63) is 76.4 Å². The van der Waals surface area contributed by atoms with Crippen molar-refractivity contribution in [3.63, 3.8) is 0 Å². The maximum atomic E-state index is 12.7. The predicted octanol–water partition coefficient (Wildman–Crippen LogP) is 6.60. The number of hydrogen-bond acceptors (Lipinski definition) is 6. The van der Waals surface area contributed by atoms with Gasteiger partial charge in [-0.05, 0) is 42.5 Å². The quantitative estimate of drug-likeness (QED) is 0.383. The Morgan fingerprint density at radius 2 is 1.89 bits per heavy atom. The first kappa shape index (κ1) is 24.3. The van der Waals surface area contributed by atoms with Gasteiger partial charge in [0.05, 0.1) is 11.6 Å². The zero-order valence-electron chi connectivity index (χ0n) is 19.5. The number of pyridine rings is 1. The molecule has 4 rings (SSSR count). The first-order chi connectivity index (χ1) is 16.6. The van der Waals surface area contributed by atoms with Gasteiger partial charge in [-0.15, -0.1) is 0 Å². The van der Waals surface area contributed by atoms with Crippen LogP contribution in [0.2, 0.25) is 5.02 Å². The minimum atomic E-state index is -1.36. The third-order valence-electron chi connectivity index (χ3n) is 5.40. The van der Waals surface area contributed by atoms with Gasteiger partial charge >= 0.3 is 6.16 Å². The van der Waals surface area contributed by atoms with Crippen molar-refractivity contribution in [2.45, 2.75) is 38.7 Å². The van der Waals surface area contributed by atoms with Crippen molar-refractivity contribution in [2.75, 3.05) is 11.9 Å². The molecule has 0 fully saturated rings. The van der Waals surface area contributed by atoms with Crippen LogP contribution in [0.15, 0.2) is 54.6 Å². The van der Waals surface area contributed by atoms with E-state index in [9.17, 15) is 9.59 Å². The Bertz CT molecular complexity index is 1250. The minimum absolute atomic E-state index is 0.132. The van der Waals surface area contributed by atoms with Crippen LogP contribution in [0, 0.1) is 0 Å². The number of anilines is 1. The Morgan fingerprint density at radius 3 is 2.57 bits per heavy atom. The number of ether oxygens (including phenoxy) is 3. The minimum Gasteiger partial charge on any atom is -0.493 e. The lowest BCUT2D eigenvalue weighted by Gasteiger charge is -2.25. The second-order valence-electron chi connectivity index (χ2n) is 9.07. The summed E-state index contributed by atoms with van der Waals surface area (Å²) < 4.78 is 16.4. The van der Waals surface area contributed by atoms with Crippen molar-refractivity contribution >= 4 is 29.5 Å². The Morgan fingerprint density at radius 1 is 1.14 bits per heavy atom. The molecule has 0 bridgehead atoms. The first-order valence-electron chi connectivity index (χ1n) is 11.0. The van der Waals surface area contributed by atoms with Gasteiger partial charge in [0.1, 0.15) is 29.2 Å². The lowest BCUT2D eigenvalue weighted by atomic mass is 9.92. The van der Waals surface area contributed by atoms with Crippen molar-refractivity contribution in [1.29, 1.82) is 0 Å². The number of hydrogen-bond donors (Lipinski definition) is 2. The normalized spacial score (nSPS) is 14.9. The van der Waals surface area contributed by atoms with Gasteiger partial charge in [0.25, 0.3) is 5.91 Å². The molecule has 182 valence electrons. The molecule has 8 nitrogen and oxygen atoms in total. The lowest BCUT2D eigenvalue weighted by molar-refractivity contribution is 0.0326. The van der Waals surface area contributed by atoms with Gasteiger partial charge in [-0.1, -0.05) is 38.4 Å². The number of halogens is 1. The number of carbonyl (C=O) groups excluding carboxylic acids is 1. The highest BCUT2D eigenvalue weighted by molar-refractivity contribution is 6.32. The van der Waals surface area contributed by atoms with Crippen LogP contribution in [-0.4, -0.2) is 28.8 Å². The van der Waals surface area contributed by atoms with E-state index in [-0.39, 0.29) is 16.3 Å². The van der Waals surface area contributed by atoms with E-state index < -0.39 is 12.3 Å². The maximum Gasteiger partial charge on any atom is 0.506 e. The number of nitrogens with zero attached hydrogens (tertiary/aromatic N) is 1. The van der Waals surface area contributed by atoms with Gasteiger partial charge in [0, 0.05) is 34.7 Å². The van der Waals surface area contributed by atoms with Crippen LogP contribution in [0.1, 0.15) is 54.9 Å². The SMILES string of the molecule is CC(C)(C)c1cccc(NC(=O)c2ccc(Oc3cc4c(cc3Cl)C(OC(=O)O)CCO4)cc2)n1. The zero-order chi connectivity index (χ0) is 25.2. The van der Waals surface area contributed by atoms with Crippen molar-refractivity contribution in [2.24, 2.45) is 0 Å². The summed E-state index contributed by atoms with van der Waals surface area (Å²) in [6.07, 6.45) is -1.62. The Hall–Kier alpha value is -3.78. The average Bonchev–Trinajstić information content (AvgIpc) is 2.80. The number of carbonyl (C=O) groups is 2. The molecule has 1 atom stereocenters. The summed E-state index contributed by atoms with van der Waals surface area (Å²) in [5.41, 5.74) is 1.74. The molecule has 1 amide bonds. The average molecular weight is 497 g/mol. The van der Waals surface area contributed by atoms with Crippen LogP contribution in [0.5, 0.6) is 17.2 Å². The zero-order valence-corrected chi connectivity index (χ0v) is 20.3. The molecule has 2 aromatic carbocycles. The second-order valence-corrected chi connectivity index (χ2v) is 9.48. The summed E-state index contributed by atoms with van der Waals surface area (Å²) in [6.45, 7) is 6.48. The van der Waals surface area contributed by atoms with E-state index in [1.807, 2.05) is 12.1 Å². The van der Waals surface area contributed by atoms with E-state index >= 15 is 0 Å². The molecule has 35 heavy (non-hydrogen) atoms. The molecule has 0 spiro atoms. The van der Waals surface area contributed by atoms with Gasteiger partial charge in [0.2, 0.25) is 0 Å². The number of benzene rings is 2. The van der Waals surface area contributed by atoms with E-state index in [1.165, 1.54) is 0 Å². The summed E-state index contributed by atoms with van der Waals surface area (Å²) in [6, 6.07) is 15.3. The Balaban J connectivity index is 1.46. The van der Waals surface area contributed by atoms with Crippen LogP contribution in [0.3, 0.4) is 0 Å². The summed E-state index contributed by atoms with van der Waals surface area (Å²) in [7, 11) is 0. The van der Waals surface area contributed by atoms with Crippen molar-refractivity contribution < 1.29 is 28.9 Å². The summed E-state index contributed by atoms with van der Waals surface area (Å²) >= 11 is 6.38. The lowest BCUT2D eigenvalue weighted by Crippen LogP contribution is -2.18. The topological polar surface area (TPSA) is 107 Å². The number of rotatable bonds is 5. The number of fused-ring (bicyclic) bond motifs is 1. The van der Waals surface area contributed by atoms with Crippen LogP contribution in [0.4, 0.5) is 10.6 Å². The molecule has 1 aliphatic heterocycles. The maximum absolute atomic E-state index is 12.7. The fourth-order valence-corrected chi connectivity index (χ4v) is 3.80. The number of nitrogens with one attached hydrogen (secondary N) is 1. The molecule has 2 heterocycles. The molecule has 0 saturated carbocycles. The van der Waals surface area contributed by atoms with E-state index in [2.05, 4.69) is 31.1 Å². The Kier molecular flexibility index (Phi) is 6.84. The smallest absolute Gasteiger partial charge is 0.493 e. The van der Waals surface area contributed by atoms with Gasteiger partial charge in [-0.2, -0.15) is 0 Å². The molecule has 1 unspecified atom stereocenters. The fourth-order valence-electron chi connectivity index (χ4n) is 3.59. The van der Waals surface area contributed by atoms with E-state index in [0.29, 0.717) is 47.2 Å². The summed E-state index contributed by atoms with van der Waals surface area (Å²) in [5, 5.41) is 12.0. The van der Waals surface area contributed by atoms with Crippen molar-refractivity contribution in [3.8, 4) is 17.2 Å². The van der Waals surface area contributed by atoms with Gasteiger partial charge in [-0.25, -0.2) is 9.78 Å². The molecule has 0 aliphatic carbocycles. The molecule has 0 saturated heterocycles. The number of aromatic nitrogens is 1. The van der Waals surface area contributed by atoms with Crippen LogP contribution < -0.4 is 14.8 Å². The van der Waals surface area contributed by atoms with Crippen LogP contribution in [0.25, 0.3) is 0 Å². The first-order valence-corrected chi connectivity index (χ1v) is 11.4. The molecule has 1 aromatic heterocycles. The van der Waals surface area contributed by atoms with Crippen molar-refractivity contribution in [1.82, 2.24) is 4.98 Å². The highest BCUT2D eigenvalue weighted by Crippen LogP contribution is 2.42. The monoisotopic (exact) mass is 496 g/mol. The predicted molar refractivity (Wildman–Crippen MR) is 131 cm³/mol. The van der Waals surface area contributed by atoms with Gasteiger partial charge in [0.15, 0.2) is 0 Å². The standard InChI is InChI=1S/C26H25ClN2O6/c1-26(2,3)22-5-4-6-23(28-22)29-24(30)15-7-9-16(10-8-15)34-21-14-20-17(13-18(21)27)19(11-12-33-20)35-25(31)32/h4-10,13-14,19H,11-12H2,1-3H3,(H,31,32)(H,28,29,30). The molecule has 1 aliphatic rings. The summed E-state index contributed by atoms with van der Waals surface area (Å²) in [4.78, 5) is 28.2. The van der Waals surface area contributed by atoms with E-state index in [1.54, 1.807) is 42.5 Å². The molecule has 2 N–H and O–H groups in total. The molecular weight excluding hydrogens is 472 g/mol. The number of carboxylic acid groups (broad SMARTS) is 1. The van der Waals surface area contributed by atoms with Gasteiger partial charge in [-0.3, -0.25) is 4.79 Å². The Labute approximate surface area is 207 Å². The van der Waals surface area contributed by atoms with Gasteiger partial charge < -0.3 is 24.6 Å². The third kappa shape index (κ3) is 5.84. The van der Waals surface area contributed by atoms with Crippen LogP contribution >= 0.6 is 11.6 Å².